The van der Waals surface area contributed by atoms with Crippen LogP contribution < -0.4 is 10.1 Å². The van der Waals surface area contributed by atoms with E-state index in [4.69, 9.17) is 4.74 Å². The van der Waals surface area contributed by atoms with Crippen molar-refractivity contribution in [3.05, 3.63) is 81.9 Å². The molecule has 1 aliphatic heterocycles. The summed E-state index contributed by atoms with van der Waals surface area (Å²) in [7, 11) is 0. The van der Waals surface area contributed by atoms with Gasteiger partial charge in [-0.1, -0.05) is 48.0 Å². The van der Waals surface area contributed by atoms with Gasteiger partial charge >= 0.3 is 5.97 Å². The number of hydrogen-bond acceptors (Lipinski definition) is 3. The maximum absolute atomic E-state index is 12.9. The van der Waals surface area contributed by atoms with Crippen molar-refractivity contribution in [3.63, 3.8) is 0 Å². The van der Waals surface area contributed by atoms with Crippen LogP contribution in [0.3, 0.4) is 0 Å². The molecule has 0 bridgehead atoms. The second-order valence-corrected chi connectivity index (χ2v) is 7.64. The molecule has 30 heavy (non-hydrogen) atoms. The molecule has 0 aliphatic carbocycles. The normalized spacial score (nSPS) is 12.7. The lowest BCUT2D eigenvalue weighted by Gasteiger charge is -2.26. The maximum atomic E-state index is 12.9. The van der Waals surface area contributed by atoms with E-state index in [0.717, 1.165) is 27.8 Å². The Morgan fingerprint density at radius 2 is 1.73 bits per heavy atom. The number of ether oxygens (including phenoxy) is 1. The van der Waals surface area contributed by atoms with E-state index in [9.17, 15) is 14.7 Å². The van der Waals surface area contributed by atoms with Gasteiger partial charge in [0, 0.05) is 16.7 Å². The lowest BCUT2D eigenvalue weighted by Crippen LogP contribution is -2.21. The van der Waals surface area contributed by atoms with E-state index in [2.05, 4.69) is 5.32 Å². The number of aliphatic carboxylic acids is 1. The molecule has 1 heterocycles. The van der Waals surface area contributed by atoms with Crippen molar-refractivity contribution >= 4 is 17.6 Å². The van der Waals surface area contributed by atoms with Gasteiger partial charge in [0.05, 0.1) is 12.1 Å². The number of fused-ring (bicyclic) bond motifs is 2. The molecule has 5 nitrogen and oxygen atoms in total. The summed E-state index contributed by atoms with van der Waals surface area (Å²) >= 11 is 0. The molecule has 152 valence electrons. The zero-order valence-electron chi connectivity index (χ0n) is 17.2. The van der Waals surface area contributed by atoms with Crippen molar-refractivity contribution in [1.29, 1.82) is 0 Å². The number of amides is 1. The Hall–Kier alpha value is -3.60. The second-order valence-electron chi connectivity index (χ2n) is 7.64. The highest BCUT2D eigenvalue weighted by atomic mass is 16.5. The lowest BCUT2D eigenvalue weighted by atomic mass is 9.87. The highest BCUT2D eigenvalue weighted by Crippen LogP contribution is 2.44. The van der Waals surface area contributed by atoms with Crippen LogP contribution in [0, 0.1) is 20.8 Å². The van der Waals surface area contributed by atoms with Crippen molar-refractivity contribution in [3.8, 4) is 16.9 Å². The van der Waals surface area contributed by atoms with Crippen molar-refractivity contribution in [2.75, 3.05) is 5.32 Å². The van der Waals surface area contributed by atoms with Gasteiger partial charge in [0.15, 0.2) is 0 Å². The molecule has 0 fully saturated rings. The molecule has 1 amide bonds. The van der Waals surface area contributed by atoms with Crippen molar-refractivity contribution in [2.45, 2.75) is 33.8 Å². The number of carboxylic acid groups (broad SMARTS) is 1. The Balaban J connectivity index is 1.95. The fraction of sp³-hybridized carbons (Fsp3) is 0.200. The lowest BCUT2D eigenvalue weighted by molar-refractivity contribution is -0.136. The van der Waals surface area contributed by atoms with Gasteiger partial charge in [-0.05, 0) is 49.1 Å². The third-order valence-corrected chi connectivity index (χ3v) is 5.61. The average Bonchev–Trinajstić information content (AvgIpc) is 2.71. The van der Waals surface area contributed by atoms with Crippen LogP contribution in [0.25, 0.3) is 11.1 Å². The topological polar surface area (TPSA) is 75.6 Å². The molecule has 0 aromatic heterocycles. The molecule has 5 heteroatoms. The molecule has 2 N–H and O–H groups in total. The molecule has 0 spiro atoms. The van der Waals surface area contributed by atoms with Gasteiger partial charge in [-0.2, -0.15) is 0 Å². The first-order valence-electron chi connectivity index (χ1n) is 9.83. The second kappa shape index (κ2) is 7.67. The van der Waals surface area contributed by atoms with Crippen molar-refractivity contribution in [2.24, 2.45) is 0 Å². The molecule has 0 radical (unpaired) electrons. The van der Waals surface area contributed by atoms with Gasteiger partial charge in [-0.15, -0.1) is 0 Å². The van der Waals surface area contributed by atoms with Gasteiger partial charge in [-0.3, -0.25) is 9.59 Å². The van der Waals surface area contributed by atoms with Gasteiger partial charge < -0.3 is 15.2 Å². The van der Waals surface area contributed by atoms with E-state index in [1.54, 1.807) is 6.07 Å². The standard InChI is InChI=1S/C25H23NO4/c1-14-8-10-17(11-9-14)22-16(3)24-23(15(2)20(22)12-21(27)28)26-25(29)19-7-5-4-6-18(19)13-30-24/h4-11H,12-13H2,1-3H3,(H,26,29)(H,27,28). The Bertz CT molecular complexity index is 1160. The van der Waals surface area contributed by atoms with Gasteiger partial charge in [0.1, 0.15) is 12.4 Å². The van der Waals surface area contributed by atoms with Crippen LogP contribution in [0.15, 0.2) is 48.5 Å². The number of carboxylic acids is 1. The number of carbonyl (C=O) groups excluding carboxylic acids is 1. The molecule has 3 aromatic carbocycles. The first kappa shape index (κ1) is 19.7. The SMILES string of the molecule is Cc1ccc(-c2c(C)c3c(c(C)c2CC(=O)O)NC(=O)c2ccccc2CO3)cc1. The van der Waals surface area contributed by atoms with Crippen molar-refractivity contribution in [1.82, 2.24) is 0 Å². The minimum absolute atomic E-state index is 0.143. The zero-order valence-corrected chi connectivity index (χ0v) is 17.2. The molecule has 3 aromatic rings. The molecular weight excluding hydrogens is 378 g/mol. The number of aryl methyl sites for hydroxylation is 1. The first-order chi connectivity index (χ1) is 14.4. The highest BCUT2D eigenvalue weighted by Gasteiger charge is 2.26. The number of nitrogens with one attached hydrogen (secondary N) is 1. The maximum Gasteiger partial charge on any atom is 0.307 e. The van der Waals surface area contributed by atoms with E-state index < -0.39 is 5.97 Å². The van der Waals surface area contributed by atoms with Crippen LogP contribution in [0.5, 0.6) is 5.75 Å². The van der Waals surface area contributed by atoms with E-state index in [1.165, 1.54) is 0 Å². The molecule has 1 aliphatic rings. The summed E-state index contributed by atoms with van der Waals surface area (Å²) in [4.78, 5) is 24.6. The predicted molar refractivity (Wildman–Crippen MR) is 116 cm³/mol. The molecule has 0 saturated heterocycles. The minimum Gasteiger partial charge on any atom is -0.486 e. The van der Waals surface area contributed by atoms with E-state index in [0.29, 0.717) is 28.1 Å². The van der Waals surface area contributed by atoms with Gasteiger partial charge in [-0.25, -0.2) is 0 Å². The van der Waals surface area contributed by atoms with Crippen molar-refractivity contribution < 1.29 is 19.4 Å². The van der Waals surface area contributed by atoms with Gasteiger partial charge in [0.25, 0.3) is 5.91 Å². The summed E-state index contributed by atoms with van der Waals surface area (Å²) in [5.41, 5.74) is 7.01. The minimum atomic E-state index is -0.922. The third-order valence-electron chi connectivity index (χ3n) is 5.61. The molecule has 0 saturated carbocycles. The highest BCUT2D eigenvalue weighted by molar-refractivity contribution is 6.07. The van der Waals surface area contributed by atoms with E-state index in [1.807, 2.05) is 63.2 Å². The summed E-state index contributed by atoms with van der Waals surface area (Å²) in [6, 6.07) is 15.3. The summed E-state index contributed by atoms with van der Waals surface area (Å²) in [5.74, 6) is -0.559. The molecule has 0 unspecified atom stereocenters. The quantitative estimate of drug-likeness (QED) is 0.644. The summed E-state index contributed by atoms with van der Waals surface area (Å²) < 4.78 is 6.20. The summed E-state index contributed by atoms with van der Waals surface area (Å²) in [5, 5.41) is 12.5. The molecule has 0 atom stereocenters. The van der Waals surface area contributed by atoms with Crippen LogP contribution in [0.2, 0.25) is 0 Å². The number of carbonyl (C=O) groups is 2. The monoisotopic (exact) mass is 401 g/mol. The van der Waals surface area contributed by atoms with E-state index in [-0.39, 0.29) is 18.9 Å². The van der Waals surface area contributed by atoms with Crippen LogP contribution >= 0.6 is 0 Å². The Kier molecular flexibility index (Phi) is 5.04. The Morgan fingerprint density at radius 1 is 1.03 bits per heavy atom. The zero-order chi connectivity index (χ0) is 21.4. The van der Waals surface area contributed by atoms with Crippen LogP contribution in [0.4, 0.5) is 5.69 Å². The Morgan fingerprint density at radius 3 is 2.43 bits per heavy atom. The number of rotatable bonds is 3. The average molecular weight is 401 g/mol. The summed E-state index contributed by atoms with van der Waals surface area (Å²) in [6.45, 7) is 6.03. The predicted octanol–water partition coefficient (Wildman–Crippen LogP) is 5.05. The van der Waals surface area contributed by atoms with Crippen LogP contribution in [-0.2, 0) is 17.8 Å². The number of anilines is 1. The fourth-order valence-electron chi connectivity index (χ4n) is 4.05. The molecular formula is C25H23NO4. The first-order valence-corrected chi connectivity index (χ1v) is 9.83. The van der Waals surface area contributed by atoms with Crippen LogP contribution in [-0.4, -0.2) is 17.0 Å². The largest absolute Gasteiger partial charge is 0.486 e. The number of hydrogen-bond donors (Lipinski definition) is 2. The van der Waals surface area contributed by atoms with Crippen LogP contribution in [0.1, 0.15) is 38.2 Å². The smallest absolute Gasteiger partial charge is 0.307 e. The summed E-state index contributed by atoms with van der Waals surface area (Å²) in [6.07, 6.45) is -0.143. The number of benzene rings is 3. The fourth-order valence-corrected chi connectivity index (χ4v) is 4.05. The molecule has 4 rings (SSSR count). The Labute approximate surface area is 175 Å². The van der Waals surface area contributed by atoms with Gasteiger partial charge in [0.2, 0.25) is 0 Å². The third kappa shape index (κ3) is 3.43. The van der Waals surface area contributed by atoms with E-state index >= 15 is 0 Å².